The molecule has 112 valence electrons. The Morgan fingerprint density at radius 3 is 2.95 bits per heavy atom. The fraction of sp³-hybridized carbons (Fsp3) is 0.385. The van der Waals surface area contributed by atoms with E-state index in [2.05, 4.69) is 15.6 Å². The van der Waals surface area contributed by atoms with Crippen LogP contribution in [0.15, 0.2) is 22.6 Å². The van der Waals surface area contributed by atoms with Crippen LogP contribution >= 0.6 is 0 Å². The number of rotatable bonds is 6. The molecule has 2 aromatic rings. The van der Waals surface area contributed by atoms with Crippen LogP contribution in [0.25, 0.3) is 11.1 Å². The van der Waals surface area contributed by atoms with Crippen LogP contribution in [0.5, 0.6) is 0 Å². The van der Waals surface area contributed by atoms with Gasteiger partial charge in [0.15, 0.2) is 5.58 Å². The lowest BCUT2D eigenvalue weighted by Crippen LogP contribution is -2.37. The first-order chi connectivity index (χ1) is 10.0. The molecule has 2 N–H and O–H groups in total. The zero-order valence-corrected chi connectivity index (χ0v) is 11.8. The molecule has 2 rings (SSSR count). The molecule has 1 atom stereocenters. The van der Waals surface area contributed by atoms with Gasteiger partial charge in [-0.2, -0.15) is 4.98 Å². The van der Waals surface area contributed by atoms with Crippen molar-refractivity contribution in [1.82, 2.24) is 10.3 Å². The normalized spacial score (nSPS) is 12.1. The Bertz CT molecular complexity index is 667. The zero-order chi connectivity index (χ0) is 15.4. The quantitative estimate of drug-likeness (QED) is 0.623. The van der Waals surface area contributed by atoms with Crippen molar-refractivity contribution in [3.05, 3.63) is 28.3 Å². The van der Waals surface area contributed by atoms with Gasteiger partial charge in [-0.3, -0.25) is 14.9 Å². The maximum absolute atomic E-state index is 11.7. The predicted octanol–water partition coefficient (Wildman–Crippen LogP) is 2.06. The highest BCUT2D eigenvalue weighted by atomic mass is 16.6. The number of nitro groups is 1. The molecule has 1 unspecified atom stereocenters. The van der Waals surface area contributed by atoms with E-state index in [4.69, 9.17) is 4.42 Å². The number of nitrogens with one attached hydrogen (secondary N) is 2. The first kappa shape index (κ1) is 14.8. The predicted molar refractivity (Wildman–Crippen MR) is 77.0 cm³/mol. The third-order valence-corrected chi connectivity index (χ3v) is 2.86. The lowest BCUT2D eigenvalue weighted by molar-refractivity contribution is -0.384. The maximum atomic E-state index is 11.7. The molecular formula is C13H16N4O4. The fourth-order valence-electron chi connectivity index (χ4n) is 1.74. The van der Waals surface area contributed by atoms with Gasteiger partial charge in [0.1, 0.15) is 11.6 Å². The van der Waals surface area contributed by atoms with E-state index in [0.717, 1.165) is 6.42 Å². The van der Waals surface area contributed by atoms with Gasteiger partial charge in [-0.15, -0.1) is 0 Å². The second-order valence-corrected chi connectivity index (χ2v) is 4.59. The van der Waals surface area contributed by atoms with E-state index in [9.17, 15) is 14.9 Å². The number of hydrogen-bond donors (Lipinski definition) is 2. The van der Waals surface area contributed by atoms with E-state index in [1.165, 1.54) is 18.2 Å². The molecule has 21 heavy (non-hydrogen) atoms. The topological polar surface area (TPSA) is 110 Å². The minimum absolute atomic E-state index is 0.0592. The van der Waals surface area contributed by atoms with Crippen molar-refractivity contribution >= 4 is 28.7 Å². The van der Waals surface area contributed by atoms with Gasteiger partial charge in [0.25, 0.3) is 11.7 Å². The summed E-state index contributed by atoms with van der Waals surface area (Å²) in [7, 11) is 0. The molecule has 1 heterocycles. The van der Waals surface area contributed by atoms with Crippen molar-refractivity contribution in [3.8, 4) is 0 Å². The SMILES string of the molecule is CCCNC(=O)C(C)Nc1nc2cc([N+](=O)[O-])ccc2o1. The molecule has 0 spiro atoms. The molecule has 0 aliphatic carbocycles. The molecule has 1 aromatic heterocycles. The van der Waals surface area contributed by atoms with Crippen LogP contribution in [0.4, 0.5) is 11.7 Å². The molecule has 1 aromatic carbocycles. The molecule has 0 radical (unpaired) electrons. The first-order valence-electron chi connectivity index (χ1n) is 6.60. The summed E-state index contributed by atoms with van der Waals surface area (Å²) in [6.45, 7) is 4.25. The van der Waals surface area contributed by atoms with Gasteiger partial charge < -0.3 is 15.1 Å². The number of aromatic nitrogens is 1. The number of oxazole rings is 1. The minimum atomic E-state index is -0.514. The van der Waals surface area contributed by atoms with E-state index in [1.54, 1.807) is 6.92 Å². The monoisotopic (exact) mass is 292 g/mol. The van der Waals surface area contributed by atoms with Crippen molar-refractivity contribution in [2.75, 3.05) is 11.9 Å². The van der Waals surface area contributed by atoms with Crippen LogP contribution in [0.3, 0.4) is 0 Å². The summed E-state index contributed by atoms with van der Waals surface area (Å²) in [6.07, 6.45) is 0.852. The van der Waals surface area contributed by atoms with Crippen molar-refractivity contribution in [2.45, 2.75) is 26.3 Å². The Hall–Kier alpha value is -2.64. The third-order valence-electron chi connectivity index (χ3n) is 2.86. The standard InChI is InChI=1S/C13H16N4O4/c1-3-6-14-12(18)8(2)15-13-16-10-7-9(17(19)20)4-5-11(10)21-13/h4-5,7-8H,3,6H2,1-2H3,(H,14,18)(H,15,16). The highest BCUT2D eigenvalue weighted by Crippen LogP contribution is 2.23. The summed E-state index contributed by atoms with van der Waals surface area (Å²) < 4.78 is 5.40. The summed E-state index contributed by atoms with van der Waals surface area (Å²) in [5.74, 6) is -0.162. The smallest absolute Gasteiger partial charge is 0.296 e. The lowest BCUT2D eigenvalue weighted by Gasteiger charge is -2.11. The average molecular weight is 292 g/mol. The third kappa shape index (κ3) is 3.47. The number of nitro benzene ring substituents is 1. The summed E-state index contributed by atoms with van der Waals surface area (Å²) in [5, 5.41) is 16.3. The second kappa shape index (κ2) is 6.21. The van der Waals surface area contributed by atoms with Gasteiger partial charge in [-0.25, -0.2) is 0 Å². The van der Waals surface area contributed by atoms with Gasteiger partial charge in [-0.1, -0.05) is 6.92 Å². The van der Waals surface area contributed by atoms with Crippen LogP contribution in [0, 0.1) is 10.1 Å². The molecule has 8 nitrogen and oxygen atoms in total. The van der Waals surface area contributed by atoms with Crippen molar-refractivity contribution in [3.63, 3.8) is 0 Å². The molecule has 0 aliphatic heterocycles. The largest absolute Gasteiger partial charge is 0.424 e. The number of anilines is 1. The highest BCUT2D eigenvalue weighted by molar-refractivity contribution is 5.84. The molecular weight excluding hydrogens is 276 g/mol. The van der Waals surface area contributed by atoms with Crippen LogP contribution in [0.1, 0.15) is 20.3 Å². The summed E-state index contributed by atoms with van der Waals surface area (Å²) in [6, 6.07) is 3.79. The number of amides is 1. The van der Waals surface area contributed by atoms with Crippen LogP contribution in [-0.2, 0) is 4.79 Å². The van der Waals surface area contributed by atoms with Crippen molar-refractivity contribution in [1.29, 1.82) is 0 Å². The number of carbonyl (C=O) groups is 1. The highest BCUT2D eigenvalue weighted by Gasteiger charge is 2.16. The fourth-order valence-corrected chi connectivity index (χ4v) is 1.74. The minimum Gasteiger partial charge on any atom is -0.424 e. The van der Waals surface area contributed by atoms with E-state index in [1.807, 2.05) is 6.92 Å². The Balaban J connectivity index is 2.12. The van der Waals surface area contributed by atoms with Gasteiger partial charge in [0.2, 0.25) is 5.91 Å². The van der Waals surface area contributed by atoms with Crippen LogP contribution < -0.4 is 10.6 Å². The van der Waals surface area contributed by atoms with Gasteiger partial charge in [0.05, 0.1) is 4.92 Å². The van der Waals surface area contributed by atoms with Gasteiger partial charge in [-0.05, 0) is 19.4 Å². The summed E-state index contributed by atoms with van der Waals surface area (Å²) >= 11 is 0. The summed E-state index contributed by atoms with van der Waals surface area (Å²) in [4.78, 5) is 26.0. The van der Waals surface area contributed by atoms with Crippen molar-refractivity contribution < 1.29 is 14.1 Å². The lowest BCUT2D eigenvalue weighted by atomic mass is 10.3. The number of nitrogens with zero attached hydrogens (tertiary/aromatic N) is 2. The molecule has 0 aliphatic rings. The Morgan fingerprint density at radius 1 is 1.52 bits per heavy atom. The maximum Gasteiger partial charge on any atom is 0.296 e. The zero-order valence-electron chi connectivity index (χ0n) is 11.8. The number of benzene rings is 1. The Labute approximate surface area is 120 Å². The molecule has 0 fully saturated rings. The van der Waals surface area contributed by atoms with E-state index < -0.39 is 11.0 Å². The summed E-state index contributed by atoms with van der Waals surface area (Å²) in [5.41, 5.74) is 0.730. The Morgan fingerprint density at radius 2 is 2.29 bits per heavy atom. The number of hydrogen-bond acceptors (Lipinski definition) is 6. The number of non-ortho nitro benzene ring substituents is 1. The van der Waals surface area contributed by atoms with Crippen molar-refractivity contribution in [2.24, 2.45) is 0 Å². The second-order valence-electron chi connectivity index (χ2n) is 4.59. The molecule has 0 saturated carbocycles. The molecule has 1 amide bonds. The number of carbonyl (C=O) groups excluding carboxylic acids is 1. The van der Waals surface area contributed by atoms with Crippen LogP contribution in [0.2, 0.25) is 0 Å². The van der Waals surface area contributed by atoms with Gasteiger partial charge >= 0.3 is 0 Å². The van der Waals surface area contributed by atoms with E-state index in [0.29, 0.717) is 17.6 Å². The molecule has 0 saturated heterocycles. The molecule has 8 heteroatoms. The van der Waals surface area contributed by atoms with E-state index >= 15 is 0 Å². The average Bonchev–Trinajstić information content (AvgIpc) is 2.85. The van der Waals surface area contributed by atoms with Gasteiger partial charge in [0, 0.05) is 18.7 Å². The Kier molecular flexibility index (Phi) is 4.36. The first-order valence-corrected chi connectivity index (χ1v) is 6.60. The number of fused-ring (bicyclic) bond motifs is 1. The molecule has 0 bridgehead atoms. The van der Waals surface area contributed by atoms with E-state index in [-0.39, 0.29) is 17.6 Å². The van der Waals surface area contributed by atoms with Crippen LogP contribution in [-0.4, -0.2) is 28.4 Å².